The van der Waals surface area contributed by atoms with Crippen LogP contribution in [0.2, 0.25) is 5.02 Å². The molecule has 48 heavy (non-hydrogen) atoms. The molecule has 12 heteroatoms. The van der Waals surface area contributed by atoms with Crippen molar-refractivity contribution >= 4 is 41.2 Å². The Hall–Kier alpha value is -3.99. The van der Waals surface area contributed by atoms with Crippen LogP contribution in [-0.4, -0.2) is 47.2 Å². The summed E-state index contributed by atoms with van der Waals surface area (Å²) in [6.07, 6.45) is 3.35. The summed E-state index contributed by atoms with van der Waals surface area (Å²) in [7, 11) is 0. The van der Waals surface area contributed by atoms with Crippen LogP contribution < -0.4 is 21.7 Å². The van der Waals surface area contributed by atoms with Crippen LogP contribution in [0.4, 0.5) is 9.18 Å². The first kappa shape index (κ1) is 36.8. The predicted octanol–water partition coefficient (Wildman–Crippen LogP) is 5.41. The van der Waals surface area contributed by atoms with E-state index in [0.29, 0.717) is 17.0 Å². The largest absolute Gasteiger partial charge is 0.440 e. The maximum absolute atomic E-state index is 14.4. The number of carbonyl (C=O) groups is 5. The van der Waals surface area contributed by atoms with Gasteiger partial charge in [-0.05, 0) is 74.4 Å². The number of hydrogen-bond acceptors (Lipinski definition) is 6. The predicted molar refractivity (Wildman–Crippen MR) is 179 cm³/mol. The van der Waals surface area contributed by atoms with Crippen LogP contribution in [0.5, 0.6) is 0 Å². The molecule has 0 bridgehead atoms. The quantitative estimate of drug-likeness (QED) is 0.207. The number of hydrogen-bond donors (Lipinski definition) is 4. The van der Waals surface area contributed by atoms with E-state index in [9.17, 15) is 28.4 Å². The Balaban J connectivity index is 1.59. The normalized spacial score (nSPS) is 19.8. The van der Waals surface area contributed by atoms with Gasteiger partial charge in [0.15, 0.2) is 0 Å². The van der Waals surface area contributed by atoms with Crippen LogP contribution in [0, 0.1) is 17.7 Å². The van der Waals surface area contributed by atoms with Crippen LogP contribution in [0.25, 0.3) is 0 Å². The van der Waals surface area contributed by atoms with Crippen LogP contribution in [0.15, 0.2) is 48.5 Å². The van der Waals surface area contributed by atoms with Gasteiger partial charge >= 0.3 is 6.09 Å². The second kappa shape index (κ2) is 15.5. The fourth-order valence-electron chi connectivity index (χ4n) is 6.96. The molecule has 0 spiro atoms. The van der Waals surface area contributed by atoms with Gasteiger partial charge < -0.3 is 26.4 Å². The molecule has 1 saturated heterocycles. The van der Waals surface area contributed by atoms with Gasteiger partial charge in [-0.1, -0.05) is 81.8 Å². The third-order valence-electron chi connectivity index (χ3n) is 9.49. The molecule has 4 amide bonds. The lowest BCUT2D eigenvalue weighted by Crippen LogP contribution is -2.54. The van der Waals surface area contributed by atoms with E-state index in [0.717, 1.165) is 37.7 Å². The van der Waals surface area contributed by atoms with Crippen LogP contribution in [0.3, 0.4) is 0 Å². The molecular formula is C36H46ClFN4O6. The van der Waals surface area contributed by atoms with E-state index < -0.39 is 64.6 Å². The molecule has 5 N–H and O–H groups in total. The fourth-order valence-corrected chi connectivity index (χ4v) is 7.15. The number of benzene rings is 2. The van der Waals surface area contributed by atoms with E-state index in [1.807, 2.05) is 33.8 Å². The van der Waals surface area contributed by atoms with Crippen molar-refractivity contribution in [1.29, 1.82) is 0 Å². The smallest absolute Gasteiger partial charge is 0.408 e. The summed E-state index contributed by atoms with van der Waals surface area (Å²) in [6, 6.07) is 10.3. The molecule has 4 unspecified atom stereocenters. The van der Waals surface area contributed by atoms with Gasteiger partial charge in [0.05, 0.1) is 6.04 Å². The molecule has 2 aromatic rings. The number of ketones is 1. The van der Waals surface area contributed by atoms with Gasteiger partial charge in [-0.2, -0.15) is 0 Å². The van der Waals surface area contributed by atoms with Crippen molar-refractivity contribution in [1.82, 2.24) is 16.0 Å². The molecule has 2 aliphatic rings. The molecule has 10 nitrogen and oxygen atoms in total. The van der Waals surface area contributed by atoms with Gasteiger partial charge in [0, 0.05) is 21.9 Å². The second-order valence-electron chi connectivity index (χ2n) is 14.3. The van der Waals surface area contributed by atoms with Crippen molar-refractivity contribution < 1.29 is 33.1 Å². The summed E-state index contributed by atoms with van der Waals surface area (Å²) in [5, 5.41) is 8.65. The topological polar surface area (TPSA) is 157 Å². The van der Waals surface area contributed by atoms with Crippen molar-refractivity contribution in [2.45, 2.75) is 108 Å². The summed E-state index contributed by atoms with van der Waals surface area (Å²) < 4.78 is 20.5. The highest BCUT2D eigenvalue weighted by molar-refractivity contribution is 6.38. The number of halogens is 2. The number of carbonyl (C=O) groups excluding carboxylic acids is 5. The number of rotatable bonds is 13. The molecule has 260 valence electrons. The summed E-state index contributed by atoms with van der Waals surface area (Å²) in [6.45, 7) is 7.37. The highest BCUT2D eigenvalue weighted by Crippen LogP contribution is 2.41. The van der Waals surface area contributed by atoms with Gasteiger partial charge in [0.2, 0.25) is 17.6 Å². The minimum absolute atomic E-state index is 0.114. The zero-order chi connectivity index (χ0) is 35.2. The Morgan fingerprint density at radius 2 is 1.71 bits per heavy atom. The summed E-state index contributed by atoms with van der Waals surface area (Å²) in [5.74, 6) is -4.30. The van der Waals surface area contributed by atoms with Crippen molar-refractivity contribution in [2.75, 3.05) is 0 Å². The Labute approximate surface area is 286 Å². The molecular weight excluding hydrogens is 639 g/mol. The molecule has 2 aromatic carbocycles. The van der Waals surface area contributed by atoms with Gasteiger partial charge in [-0.25, -0.2) is 9.18 Å². The average molecular weight is 685 g/mol. The van der Waals surface area contributed by atoms with Crippen molar-refractivity contribution in [2.24, 2.45) is 17.6 Å². The lowest BCUT2D eigenvalue weighted by Gasteiger charge is -2.35. The zero-order valence-electron chi connectivity index (χ0n) is 27.9. The van der Waals surface area contributed by atoms with Gasteiger partial charge in [-0.3, -0.25) is 19.2 Å². The maximum Gasteiger partial charge on any atom is 0.408 e. The van der Waals surface area contributed by atoms with Crippen molar-refractivity contribution in [3.8, 4) is 0 Å². The first-order valence-electron chi connectivity index (χ1n) is 16.5. The molecule has 1 aliphatic heterocycles. The number of ether oxygens (including phenoxy) is 1. The Morgan fingerprint density at radius 3 is 2.31 bits per heavy atom. The number of amides is 4. The Morgan fingerprint density at radius 1 is 1.02 bits per heavy atom. The van der Waals surface area contributed by atoms with Crippen LogP contribution in [-0.2, 0) is 29.3 Å². The number of alkyl carbamates (subject to hydrolysis) is 1. The number of nitrogens with two attached hydrogens (primary N) is 1. The lowest BCUT2D eigenvalue weighted by atomic mass is 9.76. The first-order chi connectivity index (χ1) is 22.6. The number of Topliss-reactive ketones (excluding diaryl/α,β-unsaturated/α-hetero) is 1. The third-order valence-corrected chi connectivity index (χ3v) is 9.72. The molecule has 1 heterocycles. The van der Waals surface area contributed by atoms with E-state index in [-0.39, 0.29) is 24.7 Å². The molecule has 1 aliphatic carbocycles. The van der Waals surface area contributed by atoms with E-state index in [1.165, 1.54) is 18.2 Å². The average Bonchev–Trinajstić information content (AvgIpc) is 3.29. The maximum atomic E-state index is 14.4. The SMILES string of the molecule is CC1(C)CC(CC(NC(=O)C(CC2CCCCC2)NC(=O)OC(c2cccc(F)c2)C(C)(C)c2cccc(Cl)c2)C(=O)C(N)=O)C(=O)N1. The third kappa shape index (κ3) is 9.55. The molecule has 0 radical (unpaired) electrons. The molecule has 2 fully saturated rings. The highest BCUT2D eigenvalue weighted by Gasteiger charge is 2.42. The first-order valence-corrected chi connectivity index (χ1v) is 16.9. The molecule has 4 atom stereocenters. The Kier molecular flexibility index (Phi) is 11.9. The molecule has 4 rings (SSSR count). The minimum atomic E-state index is -1.37. The van der Waals surface area contributed by atoms with E-state index in [2.05, 4.69) is 16.0 Å². The lowest BCUT2D eigenvalue weighted by molar-refractivity contribution is -0.139. The monoisotopic (exact) mass is 684 g/mol. The second-order valence-corrected chi connectivity index (χ2v) is 14.7. The van der Waals surface area contributed by atoms with Gasteiger partial charge in [0.25, 0.3) is 5.91 Å². The fraction of sp³-hybridized carbons (Fsp3) is 0.528. The minimum Gasteiger partial charge on any atom is -0.440 e. The van der Waals surface area contributed by atoms with E-state index in [4.69, 9.17) is 22.1 Å². The Bertz CT molecular complexity index is 1530. The number of primary amides is 1. The van der Waals surface area contributed by atoms with Gasteiger partial charge in [-0.15, -0.1) is 0 Å². The van der Waals surface area contributed by atoms with E-state index in [1.54, 1.807) is 24.3 Å². The van der Waals surface area contributed by atoms with E-state index >= 15 is 0 Å². The number of nitrogens with one attached hydrogen (secondary N) is 3. The van der Waals surface area contributed by atoms with Crippen molar-refractivity contribution in [3.63, 3.8) is 0 Å². The summed E-state index contributed by atoms with van der Waals surface area (Å²) >= 11 is 6.29. The van der Waals surface area contributed by atoms with Gasteiger partial charge in [0.1, 0.15) is 18.0 Å². The molecule has 0 aromatic heterocycles. The van der Waals surface area contributed by atoms with Crippen molar-refractivity contribution in [3.05, 3.63) is 70.5 Å². The highest BCUT2D eigenvalue weighted by atomic mass is 35.5. The summed E-state index contributed by atoms with van der Waals surface area (Å²) in [4.78, 5) is 65.1. The zero-order valence-corrected chi connectivity index (χ0v) is 28.7. The molecule has 1 saturated carbocycles. The van der Waals surface area contributed by atoms with Crippen LogP contribution in [0.1, 0.15) is 96.3 Å². The van der Waals surface area contributed by atoms with Crippen LogP contribution >= 0.6 is 11.6 Å². The summed E-state index contributed by atoms with van der Waals surface area (Å²) in [5.41, 5.74) is 5.05. The standard InChI is InChI=1S/C36H46ClFN4O6/c1-35(2)20-23(32(45)42-35)18-27(29(43)31(39)44)40-33(46)28(16-21-10-6-5-7-11-21)41-34(47)48-30(22-12-8-15-26(38)17-22)36(3,4)24-13-9-14-25(37)19-24/h8-9,12-15,17,19,21,23,27-28,30H,5-7,10-11,16,18,20H2,1-4H3,(H2,39,44)(H,40,46)(H,41,47)(H,42,45).